The van der Waals surface area contributed by atoms with Crippen molar-refractivity contribution in [3.05, 3.63) is 0 Å². The summed E-state index contributed by atoms with van der Waals surface area (Å²) in [5, 5.41) is 0.0614. The van der Waals surface area contributed by atoms with Gasteiger partial charge in [0.2, 0.25) is 0 Å². The van der Waals surface area contributed by atoms with Crippen LogP contribution in [0.4, 0.5) is 4.79 Å². The lowest BCUT2D eigenvalue weighted by Crippen LogP contribution is -2.46. The Bertz CT molecular complexity index is 250. The zero-order chi connectivity index (χ0) is 12.3. The van der Waals surface area contributed by atoms with Crippen LogP contribution in [0.5, 0.6) is 0 Å². The van der Waals surface area contributed by atoms with Gasteiger partial charge in [0.15, 0.2) is 0 Å². The molecule has 3 nitrogen and oxygen atoms in total. The van der Waals surface area contributed by atoms with Crippen molar-refractivity contribution in [1.29, 1.82) is 0 Å². The second-order valence-corrected chi connectivity index (χ2v) is 6.02. The zero-order valence-corrected chi connectivity index (χ0v) is 11.4. The molecule has 0 aromatic carbocycles. The number of carbonyl (C=O) groups is 1. The molecule has 0 aromatic rings. The second-order valence-electron chi connectivity index (χ2n) is 5.46. The van der Waals surface area contributed by atoms with Crippen LogP contribution in [0.15, 0.2) is 0 Å². The fourth-order valence-corrected chi connectivity index (χ4v) is 2.42. The monoisotopic (exact) mass is 247 g/mol. The third-order valence-corrected chi connectivity index (χ3v) is 3.34. The van der Waals surface area contributed by atoms with Gasteiger partial charge in [0.1, 0.15) is 5.60 Å². The van der Waals surface area contributed by atoms with E-state index in [0.29, 0.717) is 0 Å². The average Bonchev–Trinajstić information content (AvgIpc) is 2.15. The molecule has 1 rings (SSSR count). The first-order valence-electron chi connectivity index (χ1n) is 5.91. The smallest absolute Gasteiger partial charge is 0.410 e. The summed E-state index contributed by atoms with van der Waals surface area (Å²) in [5.74, 6) is 0. The minimum atomic E-state index is -0.443. The highest BCUT2D eigenvalue weighted by Crippen LogP contribution is 2.27. The van der Waals surface area contributed by atoms with Crippen LogP contribution in [0.2, 0.25) is 0 Å². The topological polar surface area (TPSA) is 29.5 Å². The van der Waals surface area contributed by atoms with E-state index < -0.39 is 5.60 Å². The maximum absolute atomic E-state index is 11.8. The minimum Gasteiger partial charge on any atom is -0.444 e. The fourth-order valence-electron chi connectivity index (χ4n) is 1.97. The molecule has 0 saturated heterocycles. The number of hydrogen-bond donors (Lipinski definition) is 0. The first kappa shape index (κ1) is 13.6. The van der Waals surface area contributed by atoms with Crippen LogP contribution >= 0.6 is 11.6 Å². The SMILES string of the molecule is CN(C(=O)OC(C)(C)C)C1CCCCC1Cl. The summed E-state index contributed by atoms with van der Waals surface area (Å²) in [6.07, 6.45) is 3.99. The molecule has 0 radical (unpaired) electrons. The van der Waals surface area contributed by atoms with Gasteiger partial charge in [0.25, 0.3) is 0 Å². The van der Waals surface area contributed by atoms with Gasteiger partial charge in [-0.05, 0) is 33.6 Å². The molecule has 16 heavy (non-hydrogen) atoms. The third-order valence-electron chi connectivity index (χ3n) is 2.83. The Balaban J connectivity index is 2.55. The third kappa shape index (κ3) is 3.85. The van der Waals surface area contributed by atoms with Crippen LogP contribution in [-0.4, -0.2) is 35.1 Å². The summed E-state index contributed by atoms with van der Waals surface area (Å²) in [4.78, 5) is 13.5. The number of carbonyl (C=O) groups excluding carboxylic acids is 1. The Kier molecular flexibility index (Phi) is 4.48. The predicted molar refractivity (Wildman–Crippen MR) is 65.9 cm³/mol. The highest BCUT2D eigenvalue weighted by Gasteiger charge is 2.31. The van der Waals surface area contributed by atoms with Gasteiger partial charge < -0.3 is 9.64 Å². The van der Waals surface area contributed by atoms with Gasteiger partial charge in [0, 0.05) is 7.05 Å². The standard InChI is InChI=1S/C12H22ClNO2/c1-12(2,3)16-11(15)14(4)10-8-6-5-7-9(10)13/h9-10H,5-8H2,1-4H3. The molecule has 1 saturated carbocycles. The molecule has 1 fully saturated rings. The molecule has 0 heterocycles. The summed E-state index contributed by atoms with van der Waals surface area (Å²) >= 11 is 6.24. The van der Waals surface area contributed by atoms with Crippen LogP contribution in [0.3, 0.4) is 0 Å². The van der Waals surface area contributed by atoms with Gasteiger partial charge >= 0.3 is 6.09 Å². The zero-order valence-electron chi connectivity index (χ0n) is 10.6. The van der Waals surface area contributed by atoms with Gasteiger partial charge in [-0.25, -0.2) is 4.79 Å². The van der Waals surface area contributed by atoms with Crippen molar-refractivity contribution in [1.82, 2.24) is 4.90 Å². The van der Waals surface area contributed by atoms with Gasteiger partial charge in [0.05, 0.1) is 11.4 Å². The number of halogens is 1. The molecule has 0 N–H and O–H groups in total. The highest BCUT2D eigenvalue weighted by atomic mass is 35.5. The Morgan fingerprint density at radius 3 is 2.38 bits per heavy atom. The van der Waals surface area contributed by atoms with Gasteiger partial charge in [-0.2, -0.15) is 0 Å². The van der Waals surface area contributed by atoms with Crippen molar-refractivity contribution in [2.24, 2.45) is 0 Å². The quantitative estimate of drug-likeness (QED) is 0.665. The van der Waals surface area contributed by atoms with Gasteiger partial charge in [-0.3, -0.25) is 0 Å². The van der Waals surface area contributed by atoms with Gasteiger partial charge in [-0.15, -0.1) is 11.6 Å². The molecular formula is C12H22ClNO2. The van der Waals surface area contributed by atoms with Crippen LogP contribution in [-0.2, 0) is 4.74 Å². The van der Waals surface area contributed by atoms with Crippen LogP contribution < -0.4 is 0 Å². The van der Waals surface area contributed by atoms with Crippen molar-refractivity contribution in [2.45, 2.75) is 63.5 Å². The normalized spacial score (nSPS) is 26.3. The highest BCUT2D eigenvalue weighted by molar-refractivity contribution is 6.21. The lowest BCUT2D eigenvalue weighted by Gasteiger charge is -2.35. The Morgan fingerprint density at radius 1 is 1.31 bits per heavy atom. The van der Waals surface area contributed by atoms with Crippen molar-refractivity contribution in [3.8, 4) is 0 Å². The molecule has 94 valence electrons. The molecule has 1 aliphatic rings. The lowest BCUT2D eigenvalue weighted by molar-refractivity contribution is 0.0193. The minimum absolute atomic E-state index is 0.0614. The average molecular weight is 248 g/mol. The van der Waals surface area contributed by atoms with Gasteiger partial charge in [-0.1, -0.05) is 12.8 Å². The van der Waals surface area contributed by atoms with Crippen molar-refractivity contribution < 1.29 is 9.53 Å². The number of alkyl halides is 1. The van der Waals surface area contributed by atoms with Crippen molar-refractivity contribution >= 4 is 17.7 Å². The van der Waals surface area contributed by atoms with E-state index in [-0.39, 0.29) is 17.5 Å². The first-order valence-corrected chi connectivity index (χ1v) is 6.35. The molecule has 0 aromatic heterocycles. The Morgan fingerprint density at radius 2 is 1.88 bits per heavy atom. The first-order chi connectivity index (χ1) is 7.31. The summed E-state index contributed by atoms with van der Waals surface area (Å²) in [5.41, 5.74) is -0.443. The number of ether oxygens (including phenoxy) is 1. The van der Waals surface area contributed by atoms with Crippen molar-refractivity contribution in [3.63, 3.8) is 0 Å². The number of nitrogens with zero attached hydrogens (tertiary/aromatic N) is 1. The number of hydrogen-bond acceptors (Lipinski definition) is 2. The van der Waals surface area contributed by atoms with Crippen molar-refractivity contribution in [2.75, 3.05) is 7.05 Å². The van der Waals surface area contributed by atoms with Crippen LogP contribution in [0.1, 0.15) is 46.5 Å². The Hall–Kier alpha value is -0.440. The predicted octanol–water partition coefficient (Wildman–Crippen LogP) is 3.40. The molecule has 0 aliphatic heterocycles. The molecule has 0 bridgehead atoms. The largest absolute Gasteiger partial charge is 0.444 e. The second kappa shape index (κ2) is 5.26. The van der Waals surface area contributed by atoms with E-state index in [4.69, 9.17) is 16.3 Å². The Labute approximate surface area is 103 Å². The van der Waals surface area contributed by atoms with E-state index in [1.54, 1.807) is 11.9 Å². The van der Waals surface area contributed by atoms with E-state index in [1.165, 1.54) is 0 Å². The molecule has 2 atom stereocenters. The fraction of sp³-hybridized carbons (Fsp3) is 0.917. The lowest BCUT2D eigenvalue weighted by atomic mass is 9.94. The number of rotatable bonds is 1. The molecule has 4 heteroatoms. The maximum Gasteiger partial charge on any atom is 0.410 e. The summed E-state index contributed by atoms with van der Waals surface area (Å²) in [6.45, 7) is 5.62. The molecule has 1 amide bonds. The van der Waals surface area contributed by atoms with E-state index in [9.17, 15) is 4.79 Å². The number of amides is 1. The molecule has 1 aliphatic carbocycles. The van der Waals surface area contributed by atoms with E-state index in [2.05, 4.69) is 0 Å². The molecule has 0 spiro atoms. The molecule has 2 unspecified atom stereocenters. The summed E-state index contributed by atoms with van der Waals surface area (Å²) in [7, 11) is 1.78. The van der Waals surface area contributed by atoms with Crippen LogP contribution in [0, 0.1) is 0 Å². The maximum atomic E-state index is 11.8. The summed E-state index contributed by atoms with van der Waals surface area (Å²) < 4.78 is 5.33. The van der Waals surface area contributed by atoms with E-state index in [1.807, 2.05) is 20.8 Å². The van der Waals surface area contributed by atoms with E-state index >= 15 is 0 Å². The molecular weight excluding hydrogens is 226 g/mol. The van der Waals surface area contributed by atoms with Crippen LogP contribution in [0.25, 0.3) is 0 Å². The van der Waals surface area contributed by atoms with E-state index in [0.717, 1.165) is 25.7 Å². The summed E-state index contributed by atoms with van der Waals surface area (Å²) in [6, 6.07) is 0.116.